The van der Waals surface area contributed by atoms with Gasteiger partial charge in [0.2, 0.25) is 5.82 Å². The number of anilines is 2. The highest BCUT2D eigenvalue weighted by molar-refractivity contribution is 5.59. The zero-order valence-electron chi connectivity index (χ0n) is 10.8. The van der Waals surface area contributed by atoms with Gasteiger partial charge in [0.05, 0.1) is 18.1 Å². The van der Waals surface area contributed by atoms with E-state index in [1.165, 1.54) is 12.1 Å². The molecule has 0 atom stereocenters. The summed E-state index contributed by atoms with van der Waals surface area (Å²) in [6.07, 6.45) is 0.706. The van der Waals surface area contributed by atoms with Crippen LogP contribution in [0.4, 0.5) is 17.3 Å². The predicted molar refractivity (Wildman–Crippen MR) is 71.1 cm³/mol. The van der Waals surface area contributed by atoms with Crippen LogP contribution in [0, 0.1) is 10.1 Å². The third kappa shape index (κ3) is 5.49. The second-order valence-corrected chi connectivity index (χ2v) is 3.75. The van der Waals surface area contributed by atoms with Crippen LogP contribution >= 0.6 is 0 Å². The molecule has 0 aliphatic carbocycles. The van der Waals surface area contributed by atoms with E-state index in [0.29, 0.717) is 32.8 Å². The topological polar surface area (TPSA) is 113 Å². The first-order valence-electron chi connectivity index (χ1n) is 5.86. The van der Waals surface area contributed by atoms with Gasteiger partial charge in [-0.15, -0.1) is 0 Å². The molecule has 3 N–H and O–H groups in total. The molecule has 0 unspecified atom stereocenters. The minimum atomic E-state index is -0.496. The summed E-state index contributed by atoms with van der Waals surface area (Å²) >= 11 is 0. The number of rotatable bonds is 9. The van der Waals surface area contributed by atoms with Gasteiger partial charge in [-0.25, -0.2) is 4.98 Å². The van der Waals surface area contributed by atoms with Gasteiger partial charge in [-0.05, 0) is 12.5 Å². The summed E-state index contributed by atoms with van der Waals surface area (Å²) in [6, 6.07) is 2.73. The van der Waals surface area contributed by atoms with E-state index in [2.05, 4.69) is 10.3 Å². The lowest BCUT2D eigenvalue weighted by molar-refractivity contribution is -0.384. The predicted octanol–water partition coefficient (Wildman–Crippen LogP) is 1.04. The van der Waals surface area contributed by atoms with E-state index >= 15 is 0 Å². The fourth-order valence-electron chi connectivity index (χ4n) is 1.37. The van der Waals surface area contributed by atoms with Crippen LogP contribution in [0.3, 0.4) is 0 Å². The minimum Gasteiger partial charge on any atom is -0.384 e. The van der Waals surface area contributed by atoms with Crippen LogP contribution in [0.25, 0.3) is 0 Å². The quantitative estimate of drug-likeness (QED) is 0.391. The molecule has 0 saturated heterocycles. The Morgan fingerprint density at radius 2 is 2.21 bits per heavy atom. The molecular formula is C11H18N4O4. The second kappa shape index (κ2) is 8.22. The number of ether oxygens (including phenoxy) is 2. The monoisotopic (exact) mass is 270 g/mol. The van der Waals surface area contributed by atoms with Crippen molar-refractivity contribution >= 4 is 17.3 Å². The van der Waals surface area contributed by atoms with Crippen LogP contribution in [0.2, 0.25) is 0 Å². The number of hydrogen-bond donors (Lipinski definition) is 2. The Kier molecular flexibility index (Phi) is 6.55. The molecule has 0 amide bonds. The zero-order chi connectivity index (χ0) is 14.1. The number of nitro groups is 1. The number of nitrogen functional groups attached to an aromatic ring is 1. The van der Waals surface area contributed by atoms with Gasteiger partial charge in [0, 0.05) is 26.3 Å². The molecule has 1 aromatic rings. The van der Waals surface area contributed by atoms with Gasteiger partial charge < -0.3 is 20.5 Å². The summed E-state index contributed by atoms with van der Waals surface area (Å²) in [7, 11) is 1.61. The number of pyridine rings is 1. The van der Waals surface area contributed by atoms with E-state index < -0.39 is 4.92 Å². The van der Waals surface area contributed by atoms with Gasteiger partial charge in [-0.2, -0.15) is 0 Å². The molecule has 0 bridgehead atoms. The normalized spacial score (nSPS) is 10.4. The number of nitrogens with one attached hydrogen (secondary N) is 1. The van der Waals surface area contributed by atoms with Gasteiger partial charge in [0.25, 0.3) is 0 Å². The van der Waals surface area contributed by atoms with Crippen LogP contribution in [-0.4, -0.2) is 43.4 Å². The number of nitrogens with zero attached hydrogens (tertiary/aromatic N) is 2. The van der Waals surface area contributed by atoms with Crippen molar-refractivity contribution in [2.24, 2.45) is 0 Å². The Morgan fingerprint density at radius 3 is 2.89 bits per heavy atom. The molecule has 8 heteroatoms. The molecular weight excluding hydrogens is 252 g/mol. The Hall–Kier alpha value is -1.93. The maximum absolute atomic E-state index is 10.8. The van der Waals surface area contributed by atoms with E-state index in [4.69, 9.17) is 15.2 Å². The van der Waals surface area contributed by atoms with E-state index in [1.807, 2.05) is 0 Å². The molecule has 0 aliphatic rings. The third-order valence-electron chi connectivity index (χ3n) is 2.28. The highest BCUT2D eigenvalue weighted by Gasteiger charge is 2.14. The number of nitrogens with two attached hydrogens (primary N) is 1. The smallest absolute Gasteiger partial charge is 0.311 e. The summed E-state index contributed by atoms with van der Waals surface area (Å²) in [4.78, 5) is 14.2. The van der Waals surface area contributed by atoms with Crippen LogP contribution in [-0.2, 0) is 9.47 Å². The maximum Gasteiger partial charge on any atom is 0.311 e. The average molecular weight is 270 g/mol. The number of methoxy groups -OCH3 is 1. The highest BCUT2D eigenvalue weighted by Crippen LogP contribution is 2.22. The molecule has 0 radical (unpaired) electrons. The van der Waals surface area contributed by atoms with E-state index in [-0.39, 0.29) is 17.3 Å². The van der Waals surface area contributed by atoms with Crippen LogP contribution in [0.15, 0.2) is 12.1 Å². The van der Waals surface area contributed by atoms with Crippen molar-refractivity contribution in [3.63, 3.8) is 0 Å². The average Bonchev–Trinajstić information content (AvgIpc) is 2.37. The molecule has 0 aromatic carbocycles. The molecule has 0 saturated carbocycles. The molecule has 19 heavy (non-hydrogen) atoms. The Balaban J connectivity index is 2.36. The van der Waals surface area contributed by atoms with Crippen molar-refractivity contribution in [2.75, 3.05) is 44.5 Å². The molecule has 0 aliphatic heterocycles. The summed E-state index contributed by atoms with van der Waals surface area (Å²) in [5.41, 5.74) is 5.41. The molecule has 1 heterocycles. The van der Waals surface area contributed by atoms with Crippen molar-refractivity contribution in [1.82, 2.24) is 4.98 Å². The lowest BCUT2D eigenvalue weighted by Crippen LogP contribution is -2.10. The Bertz CT molecular complexity index is 414. The minimum absolute atomic E-state index is 0.0884. The Labute approximate surface area is 111 Å². The highest BCUT2D eigenvalue weighted by atomic mass is 16.6. The molecule has 1 rings (SSSR count). The van der Waals surface area contributed by atoms with Gasteiger partial charge in [-0.3, -0.25) is 10.1 Å². The van der Waals surface area contributed by atoms with Crippen LogP contribution in [0.1, 0.15) is 6.42 Å². The molecule has 0 spiro atoms. The number of hydrogen-bond acceptors (Lipinski definition) is 7. The van der Waals surface area contributed by atoms with Crippen molar-refractivity contribution in [1.29, 1.82) is 0 Å². The van der Waals surface area contributed by atoms with E-state index in [1.54, 1.807) is 7.11 Å². The fraction of sp³-hybridized carbons (Fsp3) is 0.545. The fourth-order valence-corrected chi connectivity index (χ4v) is 1.37. The second-order valence-electron chi connectivity index (χ2n) is 3.75. The lowest BCUT2D eigenvalue weighted by atomic mass is 10.3. The summed E-state index contributed by atoms with van der Waals surface area (Å²) in [5.74, 6) is 0.423. The van der Waals surface area contributed by atoms with Gasteiger partial charge >= 0.3 is 5.69 Å². The van der Waals surface area contributed by atoms with Gasteiger partial charge in [0.15, 0.2) is 0 Å². The molecule has 106 valence electrons. The van der Waals surface area contributed by atoms with Crippen molar-refractivity contribution in [3.8, 4) is 0 Å². The SMILES string of the molecule is COCCOCCCNc1nc(N)ccc1[N+](=O)[O-]. The standard InChI is InChI=1S/C11H18N4O4/c1-18-7-8-19-6-2-5-13-11-9(15(16)17)3-4-10(12)14-11/h3-4H,2,5-8H2,1H3,(H3,12,13,14). The largest absolute Gasteiger partial charge is 0.384 e. The molecule has 0 fully saturated rings. The zero-order valence-corrected chi connectivity index (χ0v) is 10.8. The Morgan fingerprint density at radius 1 is 1.42 bits per heavy atom. The number of aromatic nitrogens is 1. The summed E-state index contributed by atoms with van der Waals surface area (Å²) in [6.45, 7) is 2.15. The first-order valence-corrected chi connectivity index (χ1v) is 5.86. The lowest BCUT2D eigenvalue weighted by Gasteiger charge is -2.07. The van der Waals surface area contributed by atoms with Crippen molar-refractivity contribution in [3.05, 3.63) is 22.2 Å². The molecule has 8 nitrogen and oxygen atoms in total. The van der Waals surface area contributed by atoms with Gasteiger partial charge in [-0.1, -0.05) is 0 Å². The maximum atomic E-state index is 10.8. The van der Waals surface area contributed by atoms with Crippen LogP contribution in [0.5, 0.6) is 0 Å². The first-order chi connectivity index (χ1) is 9.15. The van der Waals surface area contributed by atoms with E-state index in [9.17, 15) is 10.1 Å². The van der Waals surface area contributed by atoms with Crippen molar-refractivity contribution < 1.29 is 14.4 Å². The third-order valence-corrected chi connectivity index (χ3v) is 2.28. The van der Waals surface area contributed by atoms with Crippen molar-refractivity contribution in [2.45, 2.75) is 6.42 Å². The summed E-state index contributed by atoms with van der Waals surface area (Å²) < 4.78 is 10.1. The molecule has 1 aromatic heterocycles. The van der Waals surface area contributed by atoms with E-state index in [0.717, 1.165) is 0 Å². The van der Waals surface area contributed by atoms with Gasteiger partial charge in [0.1, 0.15) is 5.82 Å². The van der Waals surface area contributed by atoms with Crippen LogP contribution < -0.4 is 11.1 Å². The first kappa shape index (κ1) is 15.1. The summed E-state index contributed by atoms with van der Waals surface area (Å²) in [5, 5.41) is 13.7.